The zero-order valence-electron chi connectivity index (χ0n) is 24.7. The number of hydrogen-bond donors (Lipinski definition) is 0. The van der Waals surface area contributed by atoms with Gasteiger partial charge in [-0.05, 0) is 23.5 Å². The average Bonchev–Trinajstić information content (AvgIpc) is 2.85. The highest BCUT2D eigenvalue weighted by atomic mass is 16.5. The maximum atomic E-state index is 12.8. The second-order valence-corrected chi connectivity index (χ2v) is 11.6. The van der Waals surface area contributed by atoms with Crippen molar-refractivity contribution < 1.29 is 14.1 Å². The van der Waals surface area contributed by atoms with Crippen LogP contribution in [0.15, 0.2) is 42.7 Å². The summed E-state index contributed by atoms with van der Waals surface area (Å²) in [5.74, 6) is 0.879. The molecule has 1 aromatic carbocycles. The third-order valence-corrected chi connectivity index (χ3v) is 7.11. The topological polar surface area (TPSA) is 33.4 Å². The van der Waals surface area contributed by atoms with E-state index in [1.165, 1.54) is 70.6 Å². The molecule has 37 heavy (non-hydrogen) atoms. The molecule has 0 atom stereocenters. The number of benzene rings is 1. The van der Waals surface area contributed by atoms with Gasteiger partial charge in [-0.2, -0.15) is 0 Å². The fourth-order valence-corrected chi connectivity index (χ4v) is 4.78. The number of pyridine rings is 1. The van der Waals surface area contributed by atoms with Gasteiger partial charge in [0.25, 0.3) is 0 Å². The second kappa shape index (κ2) is 16.5. The van der Waals surface area contributed by atoms with Gasteiger partial charge in [0, 0.05) is 24.6 Å². The Hall–Kier alpha value is -2.36. The van der Waals surface area contributed by atoms with E-state index in [-0.39, 0.29) is 11.3 Å². The summed E-state index contributed by atoms with van der Waals surface area (Å²) in [6.45, 7) is 11.7. The van der Waals surface area contributed by atoms with Crippen molar-refractivity contribution in [3.8, 4) is 5.75 Å². The summed E-state index contributed by atoms with van der Waals surface area (Å²) in [7, 11) is 2.00. The number of anilines is 1. The minimum absolute atomic E-state index is 0.0227. The first-order chi connectivity index (χ1) is 17.7. The number of carbonyl (C=O) groups is 1. The summed E-state index contributed by atoms with van der Waals surface area (Å²) in [5.41, 5.74) is 3.04. The van der Waals surface area contributed by atoms with Crippen molar-refractivity contribution in [1.29, 1.82) is 0 Å². The van der Waals surface area contributed by atoms with Crippen LogP contribution in [0.1, 0.15) is 123 Å². The predicted molar refractivity (Wildman–Crippen MR) is 156 cm³/mol. The van der Waals surface area contributed by atoms with Gasteiger partial charge >= 0.3 is 0 Å². The Morgan fingerprint density at radius 1 is 0.838 bits per heavy atom. The van der Waals surface area contributed by atoms with Crippen LogP contribution in [0.3, 0.4) is 0 Å². The van der Waals surface area contributed by atoms with Gasteiger partial charge in [0.15, 0.2) is 12.4 Å². The van der Waals surface area contributed by atoms with Gasteiger partial charge in [0.2, 0.25) is 5.91 Å². The van der Waals surface area contributed by atoms with Gasteiger partial charge in [0.05, 0.1) is 18.8 Å². The Morgan fingerprint density at radius 2 is 1.38 bits per heavy atom. The highest BCUT2D eigenvalue weighted by Crippen LogP contribution is 2.39. The summed E-state index contributed by atoms with van der Waals surface area (Å²) in [6, 6.07) is 10.3. The van der Waals surface area contributed by atoms with E-state index in [4.69, 9.17) is 4.74 Å². The van der Waals surface area contributed by atoms with Crippen molar-refractivity contribution >= 4 is 11.6 Å². The van der Waals surface area contributed by atoms with Crippen LogP contribution < -0.4 is 14.2 Å². The molecule has 0 unspecified atom stereocenters. The van der Waals surface area contributed by atoms with Gasteiger partial charge in [0.1, 0.15) is 12.8 Å². The van der Waals surface area contributed by atoms with E-state index >= 15 is 0 Å². The maximum absolute atomic E-state index is 12.8. The van der Waals surface area contributed by atoms with E-state index in [9.17, 15) is 4.79 Å². The lowest BCUT2D eigenvalue weighted by Gasteiger charge is -2.29. The van der Waals surface area contributed by atoms with Crippen molar-refractivity contribution in [3.05, 3.63) is 53.9 Å². The first-order valence-corrected chi connectivity index (χ1v) is 14.7. The fourth-order valence-electron chi connectivity index (χ4n) is 4.78. The molecule has 1 amide bonds. The Balaban J connectivity index is 1.93. The molecule has 0 saturated heterocycles. The first kappa shape index (κ1) is 30.9. The number of nitrogens with zero attached hydrogens (tertiary/aromatic N) is 2. The molecule has 0 radical (unpaired) electrons. The number of ether oxygens (including phenoxy) is 1. The molecular formula is C33H53N2O2+. The Morgan fingerprint density at radius 3 is 1.89 bits per heavy atom. The van der Waals surface area contributed by atoms with Gasteiger partial charge < -0.3 is 9.64 Å². The number of carbonyl (C=O) groups excluding carboxylic acids is 1. The smallest absolute Gasteiger partial charge is 0.224 e. The average molecular weight is 510 g/mol. The number of aromatic nitrogens is 1. The van der Waals surface area contributed by atoms with Crippen LogP contribution in [0.5, 0.6) is 5.75 Å². The van der Waals surface area contributed by atoms with Crippen LogP contribution in [0.4, 0.5) is 5.69 Å². The SMILES string of the molecule is CCCCCCCCCCCCCCOc1c(N(Cc2cc[n+](C)cc2)C(C)=O)cccc1C(C)(C)C. The molecule has 0 saturated carbocycles. The van der Waals surface area contributed by atoms with Crippen molar-refractivity contribution in [3.63, 3.8) is 0 Å². The predicted octanol–water partition coefficient (Wildman–Crippen LogP) is 8.44. The highest BCUT2D eigenvalue weighted by Gasteiger charge is 2.25. The second-order valence-electron chi connectivity index (χ2n) is 11.6. The molecule has 0 aliphatic heterocycles. The summed E-state index contributed by atoms with van der Waals surface area (Å²) in [5, 5.41) is 0. The van der Waals surface area contributed by atoms with Gasteiger partial charge in [-0.3, -0.25) is 4.79 Å². The summed E-state index contributed by atoms with van der Waals surface area (Å²) < 4.78 is 8.48. The molecule has 4 heteroatoms. The number of para-hydroxylation sites is 1. The first-order valence-electron chi connectivity index (χ1n) is 14.7. The van der Waals surface area contributed by atoms with E-state index in [1.807, 2.05) is 41.0 Å². The molecule has 1 heterocycles. The molecule has 2 rings (SSSR count). The quantitative estimate of drug-likeness (QED) is 0.158. The van der Waals surface area contributed by atoms with Crippen LogP contribution in [0.25, 0.3) is 0 Å². The molecule has 0 aliphatic rings. The lowest BCUT2D eigenvalue weighted by atomic mass is 9.85. The van der Waals surface area contributed by atoms with E-state index in [2.05, 4.69) is 45.9 Å². The van der Waals surface area contributed by atoms with Crippen molar-refractivity contribution in [2.24, 2.45) is 7.05 Å². The number of amides is 1. The lowest BCUT2D eigenvalue weighted by molar-refractivity contribution is -0.671. The molecule has 4 nitrogen and oxygen atoms in total. The van der Waals surface area contributed by atoms with Crippen LogP contribution >= 0.6 is 0 Å². The molecule has 0 aliphatic carbocycles. The van der Waals surface area contributed by atoms with Crippen molar-refractivity contribution in [2.75, 3.05) is 11.5 Å². The van der Waals surface area contributed by atoms with Crippen LogP contribution in [0.2, 0.25) is 0 Å². The zero-order chi connectivity index (χ0) is 27.1. The summed E-state index contributed by atoms with van der Waals surface area (Å²) in [6.07, 6.45) is 20.0. The Bertz CT molecular complexity index is 915. The Kier molecular flexibility index (Phi) is 13.7. The number of unbranched alkanes of at least 4 members (excludes halogenated alkanes) is 11. The van der Waals surface area contributed by atoms with E-state index in [0.717, 1.165) is 29.0 Å². The summed E-state index contributed by atoms with van der Waals surface area (Å²) >= 11 is 0. The van der Waals surface area contributed by atoms with E-state index in [0.29, 0.717) is 13.2 Å². The van der Waals surface area contributed by atoms with Gasteiger partial charge in [-0.15, -0.1) is 0 Å². The van der Waals surface area contributed by atoms with Crippen molar-refractivity contribution in [2.45, 2.75) is 124 Å². The molecule has 0 fully saturated rings. The van der Waals surface area contributed by atoms with Crippen LogP contribution in [0, 0.1) is 0 Å². The molecule has 1 aromatic heterocycles. The van der Waals surface area contributed by atoms with E-state index < -0.39 is 0 Å². The maximum Gasteiger partial charge on any atom is 0.224 e. The fraction of sp³-hybridized carbons (Fsp3) is 0.636. The standard InChI is InChI=1S/C33H53N2O2/c1-7-8-9-10-11-12-13-14-15-16-17-18-26-37-32-30(33(3,4)5)20-19-21-31(32)35(28(2)36)27-29-22-24-34(6)25-23-29/h19-25H,7-18,26-27H2,1-6H3/q+1. The largest absolute Gasteiger partial charge is 0.491 e. The summed E-state index contributed by atoms with van der Waals surface area (Å²) in [4.78, 5) is 14.6. The number of hydrogen-bond acceptors (Lipinski definition) is 2. The van der Waals surface area contributed by atoms with E-state index in [1.54, 1.807) is 6.92 Å². The molecular weight excluding hydrogens is 456 g/mol. The van der Waals surface area contributed by atoms with Crippen LogP contribution in [-0.4, -0.2) is 12.5 Å². The normalized spacial score (nSPS) is 11.5. The van der Waals surface area contributed by atoms with Gasteiger partial charge in [-0.25, -0.2) is 4.57 Å². The Labute approximate surface area is 227 Å². The number of rotatable bonds is 17. The monoisotopic (exact) mass is 509 g/mol. The number of aryl methyl sites for hydroxylation is 1. The van der Waals surface area contributed by atoms with Crippen LogP contribution in [-0.2, 0) is 23.8 Å². The molecule has 206 valence electrons. The third-order valence-electron chi connectivity index (χ3n) is 7.11. The minimum Gasteiger partial charge on any atom is -0.491 e. The minimum atomic E-state index is -0.0785. The van der Waals surface area contributed by atoms with Gasteiger partial charge in [-0.1, -0.05) is 110 Å². The third kappa shape index (κ3) is 11.3. The van der Waals surface area contributed by atoms with Crippen molar-refractivity contribution in [1.82, 2.24) is 0 Å². The highest BCUT2D eigenvalue weighted by molar-refractivity contribution is 5.93. The molecule has 2 aromatic rings. The molecule has 0 bridgehead atoms. The molecule has 0 spiro atoms. The lowest BCUT2D eigenvalue weighted by Crippen LogP contribution is -2.31. The molecule has 0 N–H and O–H groups in total. The zero-order valence-corrected chi connectivity index (χ0v) is 24.7.